The average molecular weight is 548 g/mol. The van der Waals surface area contributed by atoms with Crippen molar-refractivity contribution in [2.45, 2.75) is 61.7 Å². The highest BCUT2D eigenvalue weighted by atomic mass is 32.2. The fourth-order valence-corrected chi connectivity index (χ4v) is 5.55. The van der Waals surface area contributed by atoms with Crippen LogP contribution in [0, 0.1) is 0 Å². The molecule has 0 aromatic heterocycles. The Morgan fingerprint density at radius 2 is 1.92 bits per heavy atom. The zero-order valence-corrected chi connectivity index (χ0v) is 22.5. The van der Waals surface area contributed by atoms with Gasteiger partial charge in [-0.05, 0) is 54.0 Å². The minimum Gasteiger partial charge on any atom is -0.492 e. The highest BCUT2D eigenvalue weighted by Crippen LogP contribution is 2.50. The van der Waals surface area contributed by atoms with Gasteiger partial charge in [-0.3, -0.25) is 9.59 Å². The number of nitrogens with one attached hydrogen (secondary N) is 1. The van der Waals surface area contributed by atoms with Gasteiger partial charge in [-0.25, -0.2) is 0 Å². The van der Waals surface area contributed by atoms with Gasteiger partial charge in [-0.15, -0.1) is 11.8 Å². The fraction of sp³-hybridized carbons (Fsp3) is 0.481. The Bertz CT molecular complexity index is 1250. The standard InChI is InChI=1S/C27H33NO9S/c1-13(30)28-17-7-5-14-9-20(36-23-11-19(32)25(33)21(12-29)37-23)26(34-2)27(35-3)24(14)15-6-8-22(38-4)18(31)10-16(15)17/h6,8-10,17,19,21,23,25,29,32-33H,5,7,11-12H2,1-4H3,(H,28,30). The Morgan fingerprint density at radius 3 is 2.55 bits per heavy atom. The lowest BCUT2D eigenvalue weighted by Crippen LogP contribution is -2.51. The molecule has 2 aromatic carbocycles. The van der Waals surface area contributed by atoms with Gasteiger partial charge in [0.2, 0.25) is 17.9 Å². The number of hydrogen-bond acceptors (Lipinski definition) is 10. The van der Waals surface area contributed by atoms with Crippen LogP contribution in [-0.2, 0) is 16.0 Å². The van der Waals surface area contributed by atoms with Crippen molar-refractivity contribution in [2.24, 2.45) is 0 Å². The largest absolute Gasteiger partial charge is 0.492 e. The molecule has 4 rings (SSSR count). The van der Waals surface area contributed by atoms with Gasteiger partial charge in [0.15, 0.2) is 16.9 Å². The molecule has 5 atom stereocenters. The second-order valence-electron chi connectivity index (χ2n) is 9.24. The van der Waals surface area contributed by atoms with Crippen LogP contribution in [0.25, 0.3) is 11.1 Å². The molecule has 38 heavy (non-hydrogen) atoms. The van der Waals surface area contributed by atoms with Gasteiger partial charge in [0.25, 0.3) is 0 Å². The first-order valence-electron chi connectivity index (χ1n) is 12.3. The van der Waals surface area contributed by atoms with Gasteiger partial charge in [0.1, 0.15) is 12.2 Å². The highest BCUT2D eigenvalue weighted by molar-refractivity contribution is 7.98. The van der Waals surface area contributed by atoms with E-state index in [2.05, 4.69) is 5.32 Å². The lowest BCUT2D eigenvalue weighted by atomic mass is 9.95. The number of aliphatic hydroxyl groups is 3. The van der Waals surface area contributed by atoms with Crippen molar-refractivity contribution in [3.05, 3.63) is 45.6 Å². The number of thioether (sulfide) groups is 1. The van der Waals surface area contributed by atoms with E-state index in [0.717, 1.165) is 16.7 Å². The van der Waals surface area contributed by atoms with Gasteiger partial charge in [0, 0.05) is 18.9 Å². The number of rotatable bonds is 7. The third-order valence-electron chi connectivity index (χ3n) is 6.85. The van der Waals surface area contributed by atoms with Crippen LogP contribution >= 0.6 is 11.8 Å². The molecule has 0 bridgehead atoms. The Balaban J connectivity index is 1.88. The van der Waals surface area contributed by atoms with Crippen LogP contribution in [0.4, 0.5) is 0 Å². The first-order valence-corrected chi connectivity index (χ1v) is 13.5. The van der Waals surface area contributed by atoms with Crippen molar-refractivity contribution in [1.29, 1.82) is 0 Å². The monoisotopic (exact) mass is 547 g/mol. The molecular formula is C27H33NO9S. The predicted molar refractivity (Wildman–Crippen MR) is 141 cm³/mol. The normalized spacial score (nSPS) is 24.4. The maximum absolute atomic E-state index is 13.0. The van der Waals surface area contributed by atoms with E-state index in [0.29, 0.717) is 34.8 Å². The summed E-state index contributed by atoms with van der Waals surface area (Å²) in [6.45, 7) is 0.956. The molecule has 0 saturated carbocycles. The molecule has 1 amide bonds. The molecule has 1 fully saturated rings. The molecule has 206 valence electrons. The van der Waals surface area contributed by atoms with E-state index < -0.39 is 37.3 Å². The van der Waals surface area contributed by atoms with Crippen LogP contribution in [-0.4, -0.2) is 72.9 Å². The van der Waals surface area contributed by atoms with E-state index >= 15 is 0 Å². The average Bonchev–Trinajstić information content (AvgIpc) is 3.13. The third-order valence-corrected chi connectivity index (χ3v) is 7.63. The zero-order chi connectivity index (χ0) is 27.6. The first kappa shape index (κ1) is 28.2. The van der Waals surface area contributed by atoms with Crippen molar-refractivity contribution in [2.75, 3.05) is 27.1 Å². The number of benzene rings is 1. The van der Waals surface area contributed by atoms with Crippen molar-refractivity contribution in [3.63, 3.8) is 0 Å². The van der Waals surface area contributed by atoms with Crippen LogP contribution in [0.2, 0.25) is 0 Å². The van der Waals surface area contributed by atoms with Crippen LogP contribution < -0.4 is 25.0 Å². The maximum atomic E-state index is 13.0. The molecule has 0 spiro atoms. The van der Waals surface area contributed by atoms with Crippen molar-refractivity contribution < 1.29 is 39.1 Å². The zero-order valence-electron chi connectivity index (χ0n) is 21.7. The molecule has 5 unspecified atom stereocenters. The fourth-order valence-electron chi connectivity index (χ4n) is 5.08. The molecule has 4 N–H and O–H groups in total. The predicted octanol–water partition coefficient (Wildman–Crippen LogP) is 1.78. The topological polar surface area (TPSA) is 144 Å². The number of aliphatic hydroxyl groups excluding tert-OH is 3. The number of carbonyl (C=O) groups excluding carboxylic acids is 1. The Hall–Kier alpha value is -2.83. The number of aryl methyl sites for hydroxylation is 1. The molecule has 1 aliphatic carbocycles. The van der Waals surface area contributed by atoms with Crippen LogP contribution in [0.3, 0.4) is 0 Å². The summed E-state index contributed by atoms with van der Waals surface area (Å²) in [5, 5.41) is 32.8. The van der Waals surface area contributed by atoms with Gasteiger partial charge >= 0.3 is 0 Å². The summed E-state index contributed by atoms with van der Waals surface area (Å²) in [7, 11) is 2.98. The Kier molecular flexibility index (Phi) is 8.84. The summed E-state index contributed by atoms with van der Waals surface area (Å²) < 4.78 is 23.3. The van der Waals surface area contributed by atoms with Gasteiger partial charge in [-0.2, -0.15) is 0 Å². The van der Waals surface area contributed by atoms with Crippen LogP contribution in [0.5, 0.6) is 17.2 Å². The highest BCUT2D eigenvalue weighted by Gasteiger charge is 2.38. The van der Waals surface area contributed by atoms with E-state index in [1.807, 2.05) is 12.3 Å². The number of amides is 1. The lowest BCUT2D eigenvalue weighted by molar-refractivity contribution is -0.230. The summed E-state index contributed by atoms with van der Waals surface area (Å²) in [6.07, 6.45) is -1.49. The second kappa shape index (κ2) is 11.9. The van der Waals surface area contributed by atoms with Gasteiger partial charge < -0.3 is 39.6 Å². The summed E-state index contributed by atoms with van der Waals surface area (Å²) in [5.74, 6) is 0.740. The van der Waals surface area contributed by atoms with E-state index in [-0.39, 0.29) is 23.5 Å². The molecule has 1 aliphatic heterocycles. The number of ether oxygens (including phenoxy) is 4. The number of methoxy groups -OCH3 is 2. The van der Waals surface area contributed by atoms with Crippen molar-refractivity contribution in [1.82, 2.24) is 5.32 Å². The molecule has 2 aliphatic rings. The summed E-state index contributed by atoms with van der Waals surface area (Å²) in [5.41, 5.74) is 2.82. The van der Waals surface area contributed by atoms with Gasteiger partial charge in [0.05, 0.1) is 37.9 Å². The van der Waals surface area contributed by atoms with E-state index in [4.69, 9.17) is 18.9 Å². The second-order valence-corrected chi connectivity index (χ2v) is 10.1. The number of hydrogen-bond donors (Lipinski definition) is 4. The lowest BCUT2D eigenvalue weighted by Gasteiger charge is -2.36. The van der Waals surface area contributed by atoms with Crippen molar-refractivity contribution in [3.8, 4) is 28.4 Å². The minimum absolute atomic E-state index is 0.0206. The summed E-state index contributed by atoms with van der Waals surface area (Å²) in [6, 6.07) is 6.59. The molecule has 0 radical (unpaired) electrons. The number of fused-ring (bicyclic) bond motifs is 3. The van der Waals surface area contributed by atoms with Gasteiger partial charge in [-0.1, -0.05) is 6.07 Å². The van der Waals surface area contributed by atoms with Crippen LogP contribution in [0.1, 0.15) is 36.9 Å². The molecular weight excluding hydrogens is 514 g/mol. The SMILES string of the molecule is COc1c(OC2CC(O)C(O)C(CO)O2)cc2c(c1OC)-c1ccc(SC)c(=O)cc1C(NC(C)=O)CC2. The summed E-state index contributed by atoms with van der Waals surface area (Å²) in [4.78, 5) is 25.6. The first-order chi connectivity index (χ1) is 18.2. The molecule has 2 aromatic rings. The van der Waals surface area contributed by atoms with E-state index in [9.17, 15) is 24.9 Å². The molecule has 10 nitrogen and oxygen atoms in total. The molecule has 1 heterocycles. The van der Waals surface area contributed by atoms with E-state index in [1.54, 1.807) is 18.2 Å². The minimum atomic E-state index is -1.23. The Labute approximate surface area is 224 Å². The maximum Gasteiger partial charge on any atom is 0.217 e. The van der Waals surface area contributed by atoms with Crippen LogP contribution in [0.15, 0.2) is 34.0 Å². The summed E-state index contributed by atoms with van der Waals surface area (Å²) >= 11 is 1.35. The smallest absolute Gasteiger partial charge is 0.217 e. The molecule has 11 heteroatoms. The van der Waals surface area contributed by atoms with E-state index in [1.165, 1.54) is 32.9 Å². The van der Waals surface area contributed by atoms with Crippen molar-refractivity contribution >= 4 is 17.7 Å². The third kappa shape index (κ3) is 5.48. The quantitative estimate of drug-likeness (QED) is 0.379. The number of carbonyl (C=O) groups is 1. The Morgan fingerprint density at radius 1 is 1.18 bits per heavy atom. The molecule has 1 saturated heterocycles.